The zero-order chi connectivity index (χ0) is 13.8. The van der Waals surface area contributed by atoms with Crippen molar-refractivity contribution in [2.24, 2.45) is 5.92 Å². The largest absolute Gasteiger partial charge is 0.348 e. The highest BCUT2D eigenvalue weighted by atomic mass is 16.2. The standard InChI is InChI=1S/C15H29N3O/c1-12(13-5-4-6-13)16-14-7-9-18(10-8-14)11-15(19)17(2)3/h12-14,16H,4-11H2,1-3H3. The first kappa shape index (κ1) is 14.8. The molecule has 0 spiro atoms. The van der Waals surface area contributed by atoms with Crippen LogP contribution in [0.25, 0.3) is 0 Å². The average molecular weight is 267 g/mol. The Morgan fingerprint density at radius 1 is 1.26 bits per heavy atom. The molecule has 19 heavy (non-hydrogen) atoms. The van der Waals surface area contributed by atoms with Gasteiger partial charge in [0.1, 0.15) is 0 Å². The van der Waals surface area contributed by atoms with Gasteiger partial charge in [-0.3, -0.25) is 9.69 Å². The lowest BCUT2D eigenvalue weighted by Gasteiger charge is -2.38. The van der Waals surface area contributed by atoms with E-state index in [1.165, 1.54) is 32.1 Å². The Hall–Kier alpha value is -0.610. The van der Waals surface area contributed by atoms with Crippen molar-refractivity contribution in [2.75, 3.05) is 33.7 Å². The molecule has 0 aromatic heterocycles. The highest BCUT2D eigenvalue weighted by Gasteiger charge is 2.27. The molecule has 2 rings (SSSR count). The van der Waals surface area contributed by atoms with E-state index < -0.39 is 0 Å². The second-order valence-corrected chi connectivity index (χ2v) is 6.48. The Kier molecular flexibility index (Phi) is 5.22. The second-order valence-electron chi connectivity index (χ2n) is 6.48. The first-order valence-electron chi connectivity index (χ1n) is 7.75. The Morgan fingerprint density at radius 2 is 1.89 bits per heavy atom. The minimum Gasteiger partial charge on any atom is -0.348 e. The molecule has 0 aromatic carbocycles. The maximum atomic E-state index is 11.7. The molecule has 1 atom stereocenters. The van der Waals surface area contributed by atoms with Gasteiger partial charge in [-0.1, -0.05) is 6.42 Å². The van der Waals surface area contributed by atoms with Crippen LogP contribution in [0.3, 0.4) is 0 Å². The highest BCUT2D eigenvalue weighted by molar-refractivity contribution is 5.77. The van der Waals surface area contributed by atoms with Gasteiger partial charge in [0.15, 0.2) is 0 Å². The SMILES string of the molecule is CC(NC1CCN(CC(=O)N(C)C)CC1)C1CCC1. The van der Waals surface area contributed by atoms with Crippen LogP contribution in [0.4, 0.5) is 0 Å². The number of amides is 1. The van der Waals surface area contributed by atoms with Crippen LogP contribution in [0, 0.1) is 5.92 Å². The number of nitrogens with one attached hydrogen (secondary N) is 1. The van der Waals surface area contributed by atoms with Crippen LogP contribution in [0.15, 0.2) is 0 Å². The predicted octanol–water partition coefficient (Wildman–Crippen LogP) is 1.32. The molecule has 4 nitrogen and oxygen atoms in total. The van der Waals surface area contributed by atoms with Crippen LogP contribution in [-0.2, 0) is 4.79 Å². The van der Waals surface area contributed by atoms with E-state index in [0.717, 1.165) is 19.0 Å². The summed E-state index contributed by atoms with van der Waals surface area (Å²) in [6.07, 6.45) is 6.59. The van der Waals surface area contributed by atoms with Crippen LogP contribution in [-0.4, -0.2) is 61.5 Å². The molecule has 2 aliphatic rings. The molecule has 1 unspecified atom stereocenters. The number of hydrogen-bond donors (Lipinski definition) is 1. The van der Waals surface area contributed by atoms with Crippen molar-refractivity contribution in [1.29, 1.82) is 0 Å². The molecule has 0 bridgehead atoms. The zero-order valence-corrected chi connectivity index (χ0v) is 12.7. The fourth-order valence-electron chi connectivity index (χ4n) is 3.04. The Bertz CT molecular complexity index is 294. The van der Waals surface area contributed by atoms with Gasteiger partial charge in [-0.25, -0.2) is 0 Å². The van der Waals surface area contributed by atoms with Gasteiger partial charge in [0.05, 0.1) is 6.54 Å². The summed E-state index contributed by atoms with van der Waals surface area (Å²) < 4.78 is 0. The first-order chi connectivity index (χ1) is 9.06. The molecule has 1 aliphatic heterocycles. The summed E-state index contributed by atoms with van der Waals surface area (Å²) in [4.78, 5) is 15.6. The lowest BCUT2D eigenvalue weighted by molar-refractivity contribution is -0.130. The van der Waals surface area contributed by atoms with Crippen molar-refractivity contribution < 1.29 is 4.79 Å². The summed E-state index contributed by atoms with van der Waals surface area (Å²) in [5.74, 6) is 1.13. The predicted molar refractivity (Wildman–Crippen MR) is 78.1 cm³/mol. The third kappa shape index (κ3) is 4.18. The molecule has 0 aromatic rings. The summed E-state index contributed by atoms with van der Waals surface area (Å²) in [7, 11) is 3.66. The molecule has 1 amide bonds. The minimum atomic E-state index is 0.217. The summed E-state index contributed by atoms with van der Waals surface area (Å²) in [5.41, 5.74) is 0. The van der Waals surface area contributed by atoms with E-state index >= 15 is 0 Å². The van der Waals surface area contributed by atoms with Crippen molar-refractivity contribution in [3.63, 3.8) is 0 Å². The number of piperidine rings is 1. The van der Waals surface area contributed by atoms with E-state index in [9.17, 15) is 4.79 Å². The van der Waals surface area contributed by atoms with Gasteiger partial charge < -0.3 is 10.2 Å². The molecule has 1 N–H and O–H groups in total. The smallest absolute Gasteiger partial charge is 0.236 e. The fourth-order valence-corrected chi connectivity index (χ4v) is 3.04. The number of rotatable bonds is 5. The topological polar surface area (TPSA) is 35.6 Å². The highest BCUT2D eigenvalue weighted by Crippen LogP contribution is 2.30. The first-order valence-corrected chi connectivity index (χ1v) is 7.75. The van der Waals surface area contributed by atoms with Crippen molar-refractivity contribution in [2.45, 2.75) is 51.1 Å². The van der Waals surface area contributed by atoms with Gasteiger partial charge >= 0.3 is 0 Å². The number of carbonyl (C=O) groups excluding carboxylic acids is 1. The van der Waals surface area contributed by atoms with Crippen molar-refractivity contribution in [1.82, 2.24) is 15.1 Å². The molecule has 0 radical (unpaired) electrons. The van der Waals surface area contributed by atoms with Gasteiger partial charge in [-0.15, -0.1) is 0 Å². The van der Waals surface area contributed by atoms with Crippen LogP contribution < -0.4 is 5.32 Å². The lowest BCUT2D eigenvalue weighted by Crippen LogP contribution is -2.49. The number of hydrogen-bond acceptors (Lipinski definition) is 3. The lowest BCUT2D eigenvalue weighted by atomic mass is 9.80. The van der Waals surface area contributed by atoms with E-state index in [1.54, 1.807) is 4.90 Å². The van der Waals surface area contributed by atoms with Crippen LogP contribution >= 0.6 is 0 Å². The molecule has 4 heteroatoms. The van der Waals surface area contributed by atoms with E-state index in [-0.39, 0.29) is 5.91 Å². The number of carbonyl (C=O) groups is 1. The molecular weight excluding hydrogens is 238 g/mol. The van der Waals surface area contributed by atoms with Crippen LogP contribution in [0.1, 0.15) is 39.0 Å². The van der Waals surface area contributed by atoms with Crippen LogP contribution in [0.2, 0.25) is 0 Å². The zero-order valence-electron chi connectivity index (χ0n) is 12.7. The molecule has 1 saturated carbocycles. The average Bonchev–Trinajstić information content (AvgIpc) is 2.29. The second kappa shape index (κ2) is 6.71. The maximum absolute atomic E-state index is 11.7. The molecule has 110 valence electrons. The van der Waals surface area contributed by atoms with Crippen molar-refractivity contribution in [3.05, 3.63) is 0 Å². The maximum Gasteiger partial charge on any atom is 0.236 e. The number of nitrogens with zero attached hydrogens (tertiary/aromatic N) is 2. The molecule has 1 heterocycles. The number of likely N-dealkylation sites (N-methyl/N-ethyl adjacent to an activating group) is 1. The quantitative estimate of drug-likeness (QED) is 0.816. The molecule has 2 fully saturated rings. The van der Waals surface area contributed by atoms with E-state index in [4.69, 9.17) is 0 Å². The van der Waals surface area contributed by atoms with E-state index in [2.05, 4.69) is 17.1 Å². The van der Waals surface area contributed by atoms with Gasteiger partial charge in [0, 0.05) is 39.3 Å². The molecule has 1 saturated heterocycles. The van der Waals surface area contributed by atoms with Crippen molar-refractivity contribution >= 4 is 5.91 Å². The van der Waals surface area contributed by atoms with Gasteiger partial charge in [-0.05, 0) is 38.5 Å². The third-order valence-corrected chi connectivity index (χ3v) is 4.80. The summed E-state index contributed by atoms with van der Waals surface area (Å²) in [6, 6.07) is 1.33. The summed E-state index contributed by atoms with van der Waals surface area (Å²) >= 11 is 0. The molecule has 1 aliphatic carbocycles. The fraction of sp³-hybridized carbons (Fsp3) is 0.933. The van der Waals surface area contributed by atoms with E-state index in [0.29, 0.717) is 18.6 Å². The van der Waals surface area contributed by atoms with Gasteiger partial charge in [-0.2, -0.15) is 0 Å². The summed E-state index contributed by atoms with van der Waals surface area (Å²) in [6.45, 7) is 5.02. The minimum absolute atomic E-state index is 0.217. The van der Waals surface area contributed by atoms with Crippen LogP contribution in [0.5, 0.6) is 0 Å². The summed E-state index contributed by atoms with van der Waals surface area (Å²) in [5, 5.41) is 3.80. The Morgan fingerprint density at radius 3 is 2.37 bits per heavy atom. The third-order valence-electron chi connectivity index (χ3n) is 4.80. The Balaban J connectivity index is 1.65. The van der Waals surface area contributed by atoms with Gasteiger partial charge in [0.2, 0.25) is 5.91 Å². The monoisotopic (exact) mass is 267 g/mol. The van der Waals surface area contributed by atoms with E-state index in [1.807, 2.05) is 14.1 Å². The van der Waals surface area contributed by atoms with Crippen molar-refractivity contribution in [3.8, 4) is 0 Å². The molecular formula is C15H29N3O. The normalized spacial score (nSPS) is 23.9. The Labute approximate surface area is 117 Å². The van der Waals surface area contributed by atoms with Gasteiger partial charge in [0.25, 0.3) is 0 Å². The number of likely N-dealkylation sites (tertiary alicyclic amines) is 1.